The first-order valence-corrected chi connectivity index (χ1v) is 12.2. The van der Waals surface area contributed by atoms with Crippen LogP contribution in [-0.4, -0.2) is 49.3 Å². The summed E-state index contributed by atoms with van der Waals surface area (Å²) in [6.45, 7) is 1.76. The summed E-state index contributed by atoms with van der Waals surface area (Å²) in [5.41, 5.74) is 10.1. The first kappa shape index (κ1) is 21.4. The second-order valence-electron chi connectivity index (χ2n) is 9.48. The molecular weight excluding hydrogens is 448 g/mol. The lowest BCUT2D eigenvalue weighted by molar-refractivity contribution is -0.147. The molecule has 2 aromatic heterocycles. The van der Waals surface area contributed by atoms with E-state index in [-0.39, 0.29) is 11.9 Å². The molecule has 2 unspecified atom stereocenters. The molecule has 1 aliphatic heterocycles. The van der Waals surface area contributed by atoms with Crippen LogP contribution in [-0.2, 0) is 17.9 Å². The normalized spacial score (nSPS) is 21.3. The largest absolute Gasteiger partial charge is 0.383 e. The van der Waals surface area contributed by atoms with Crippen LogP contribution in [0, 0.1) is 0 Å². The van der Waals surface area contributed by atoms with Crippen LogP contribution in [0.5, 0.6) is 0 Å². The quantitative estimate of drug-likeness (QED) is 0.454. The molecule has 174 valence electrons. The van der Waals surface area contributed by atoms with E-state index < -0.39 is 0 Å². The molecular formula is C26H27ClN6O. The number of nitrogen functional groups attached to an aromatic ring is 1. The van der Waals surface area contributed by atoms with E-state index in [1.54, 1.807) is 0 Å². The van der Waals surface area contributed by atoms with Crippen LogP contribution in [0.15, 0.2) is 48.8 Å². The topological polar surface area (TPSA) is 91.1 Å². The third-order valence-electron chi connectivity index (χ3n) is 7.32. The van der Waals surface area contributed by atoms with Gasteiger partial charge in [-0.3, -0.25) is 9.69 Å². The van der Waals surface area contributed by atoms with Crippen molar-refractivity contribution in [2.45, 2.75) is 50.9 Å². The van der Waals surface area contributed by atoms with Gasteiger partial charge in [-0.05, 0) is 54.8 Å². The van der Waals surface area contributed by atoms with Crippen LogP contribution in [0.3, 0.4) is 0 Å². The Balaban J connectivity index is 1.24. The van der Waals surface area contributed by atoms with Crippen molar-refractivity contribution in [1.82, 2.24) is 24.8 Å². The Bertz CT molecular complexity index is 1380. The van der Waals surface area contributed by atoms with E-state index in [1.807, 2.05) is 36.4 Å². The number of aromatic amines is 1. The molecule has 2 aromatic carbocycles. The Morgan fingerprint density at radius 3 is 2.76 bits per heavy atom. The summed E-state index contributed by atoms with van der Waals surface area (Å²) >= 11 is 6.16. The Kier molecular flexibility index (Phi) is 5.38. The number of anilines is 1. The van der Waals surface area contributed by atoms with Gasteiger partial charge in [0.1, 0.15) is 12.1 Å². The van der Waals surface area contributed by atoms with Crippen LogP contribution in [0.4, 0.5) is 5.82 Å². The molecule has 0 spiro atoms. The molecule has 34 heavy (non-hydrogen) atoms. The molecule has 3 N–H and O–H groups in total. The SMILES string of the molecule is Nc1ncnc2cc(CN3C(=O)CN(Cc4cc5cc(Cl)ccc5[nH]4)C4CCCCC43)ccc12. The number of hydrogen-bond donors (Lipinski definition) is 2. The van der Waals surface area contributed by atoms with Gasteiger partial charge in [0.25, 0.3) is 0 Å². The van der Waals surface area contributed by atoms with E-state index in [4.69, 9.17) is 17.3 Å². The van der Waals surface area contributed by atoms with E-state index in [9.17, 15) is 4.79 Å². The Labute approximate surface area is 202 Å². The summed E-state index contributed by atoms with van der Waals surface area (Å²) in [6.07, 6.45) is 6.00. The van der Waals surface area contributed by atoms with Crippen molar-refractivity contribution in [1.29, 1.82) is 0 Å². The van der Waals surface area contributed by atoms with Crippen molar-refractivity contribution in [2.75, 3.05) is 12.3 Å². The Hall–Kier alpha value is -3.16. The van der Waals surface area contributed by atoms with E-state index in [0.717, 1.165) is 63.9 Å². The number of hydrogen-bond acceptors (Lipinski definition) is 5. The van der Waals surface area contributed by atoms with Crippen molar-refractivity contribution in [3.8, 4) is 0 Å². The van der Waals surface area contributed by atoms with Gasteiger partial charge in [-0.15, -0.1) is 0 Å². The van der Waals surface area contributed by atoms with Crippen molar-refractivity contribution >= 4 is 45.1 Å². The summed E-state index contributed by atoms with van der Waals surface area (Å²) in [5, 5.41) is 2.68. The average Bonchev–Trinajstić information content (AvgIpc) is 3.23. The molecule has 0 radical (unpaired) electrons. The molecule has 1 aliphatic carbocycles. The minimum absolute atomic E-state index is 0.185. The lowest BCUT2D eigenvalue weighted by Gasteiger charge is -2.49. The molecule has 4 aromatic rings. The summed E-state index contributed by atoms with van der Waals surface area (Å²) in [4.78, 5) is 29.8. The number of fused-ring (bicyclic) bond motifs is 3. The molecule has 1 saturated carbocycles. The molecule has 2 fully saturated rings. The number of carbonyl (C=O) groups is 1. The Morgan fingerprint density at radius 1 is 1.03 bits per heavy atom. The first-order valence-electron chi connectivity index (χ1n) is 11.8. The zero-order valence-corrected chi connectivity index (χ0v) is 19.6. The van der Waals surface area contributed by atoms with Gasteiger partial charge in [-0.1, -0.05) is 30.5 Å². The van der Waals surface area contributed by atoms with Crippen molar-refractivity contribution < 1.29 is 4.79 Å². The van der Waals surface area contributed by atoms with E-state index >= 15 is 0 Å². The Morgan fingerprint density at radius 2 is 1.88 bits per heavy atom. The fourth-order valence-corrected chi connectivity index (χ4v) is 5.89. The highest BCUT2D eigenvalue weighted by Crippen LogP contribution is 2.33. The number of H-pyrrole nitrogens is 1. The molecule has 2 atom stereocenters. The molecule has 0 bridgehead atoms. The number of nitrogens with two attached hydrogens (primary N) is 1. The number of carbonyl (C=O) groups excluding carboxylic acids is 1. The maximum Gasteiger partial charge on any atom is 0.237 e. The monoisotopic (exact) mass is 474 g/mol. The minimum atomic E-state index is 0.185. The first-order chi connectivity index (χ1) is 16.5. The van der Waals surface area contributed by atoms with Crippen LogP contribution < -0.4 is 5.73 Å². The zero-order valence-electron chi connectivity index (χ0n) is 18.9. The predicted octanol–water partition coefficient (Wildman–Crippen LogP) is 4.50. The van der Waals surface area contributed by atoms with Gasteiger partial charge < -0.3 is 15.6 Å². The lowest BCUT2D eigenvalue weighted by Crippen LogP contribution is -2.62. The fraction of sp³-hybridized carbons (Fsp3) is 0.346. The van der Waals surface area contributed by atoms with Crippen LogP contribution in [0.1, 0.15) is 36.9 Å². The highest BCUT2D eigenvalue weighted by molar-refractivity contribution is 6.31. The van der Waals surface area contributed by atoms with Gasteiger partial charge in [0, 0.05) is 52.2 Å². The van der Waals surface area contributed by atoms with Crippen LogP contribution >= 0.6 is 11.6 Å². The number of halogens is 1. The minimum Gasteiger partial charge on any atom is -0.383 e. The van der Waals surface area contributed by atoms with E-state index in [0.29, 0.717) is 24.9 Å². The second kappa shape index (κ2) is 8.56. The van der Waals surface area contributed by atoms with Crippen molar-refractivity contribution in [3.05, 3.63) is 65.1 Å². The number of nitrogens with zero attached hydrogens (tertiary/aromatic N) is 4. The number of benzene rings is 2. The van der Waals surface area contributed by atoms with E-state index in [2.05, 4.69) is 30.8 Å². The molecule has 6 rings (SSSR count). The van der Waals surface area contributed by atoms with Crippen LogP contribution in [0.2, 0.25) is 5.02 Å². The third kappa shape index (κ3) is 3.89. The highest BCUT2D eigenvalue weighted by atomic mass is 35.5. The molecule has 3 heterocycles. The number of piperazine rings is 1. The van der Waals surface area contributed by atoms with Gasteiger partial charge in [-0.25, -0.2) is 9.97 Å². The number of amides is 1. The molecule has 1 amide bonds. The zero-order chi connectivity index (χ0) is 23.2. The van der Waals surface area contributed by atoms with Crippen LogP contribution in [0.25, 0.3) is 21.8 Å². The van der Waals surface area contributed by atoms with Gasteiger partial charge >= 0.3 is 0 Å². The van der Waals surface area contributed by atoms with Gasteiger partial charge in [0.2, 0.25) is 5.91 Å². The van der Waals surface area contributed by atoms with Crippen molar-refractivity contribution in [3.63, 3.8) is 0 Å². The molecule has 2 aliphatic rings. The lowest BCUT2D eigenvalue weighted by atomic mass is 9.85. The summed E-state index contributed by atoms with van der Waals surface area (Å²) < 4.78 is 0. The summed E-state index contributed by atoms with van der Waals surface area (Å²) in [7, 11) is 0. The maximum absolute atomic E-state index is 13.4. The number of rotatable bonds is 4. The maximum atomic E-state index is 13.4. The van der Waals surface area contributed by atoms with Gasteiger partial charge in [0.15, 0.2) is 0 Å². The smallest absolute Gasteiger partial charge is 0.237 e. The highest BCUT2D eigenvalue weighted by Gasteiger charge is 2.41. The molecule has 8 heteroatoms. The molecule has 7 nitrogen and oxygen atoms in total. The van der Waals surface area contributed by atoms with E-state index in [1.165, 1.54) is 12.7 Å². The summed E-state index contributed by atoms with van der Waals surface area (Å²) in [6, 6.07) is 14.6. The fourth-order valence-electron chi connectivity index (χ4n) is 5.71. The average molecular weight is 475 g/mol. The number of nitrogens with one attached hydrogen (secondary N) is 1. The summed E-state index contributed by atoms with van der Waals surface area (Å²) in [5.74, 6) is 0.664. The standard InChI is InChI=1S/C26H27ClN6O/c27-18-6-8-21-17(10-18)11-19(31-21)13-32-14-25(34)33(24-4-2-1-3-23(24)32)12-16-5-7-20-22(9-16)29-15-30-26(20)28/h5-11,15,23-24,31H,1-4,12-14H2,(H2,28,29,30). The van der Waals surface area contributed by atoms with Gasteiger partial charge in [0.05, 0.1) is 12.1 Å². The number of aromatic nitrogens is 3. The second-order valence-corrected chi connectivity index (χ2v) is 9.92. The van der Waals surface area contributed by atoms with Crippen molar-refractivity contribution in [2.24, 2.45) is 0 Å². The van der Waals surface area contributed by atoms with Gasteiger partial charge in [-0.2, -0.15) is 0 Å². The third-order valence-corrected chi connectivity index (χ3v) is 7.55. The molecule has 1 saturated heterocycles. The predicted molar refractivity (Wildman–Crippen MR) is 134 cm³/mol.